The van der Waals surface area contributed by atoms with E-state index in [0.717, 1.165) is 0 Å². The highest BCUT2D eigenvalue weighted by Crippen LogP contribution is 2.10. The van der Waals surface area contributed by atoms with Crippen LogP contribution in [0.2, 0.25) is 0 Å². The molecule has 0 heterocycles. The first-order chi connectivity index (χ1) is 9.30. The first-order valence-electron chi connectivity index (χ1n) is 7.15. The number of sulfone groups is 1. The number of nitrogens with zero attached hydrogens (tertiary/aromatic N) is 1. The van der Waals surface area contributed by atoms with E-state index in [1.807, 2.05) is 34.6 Å². The molecule has 1 N–H and O–H groups in total. The fraction of sp³-hybridized carbons (Fsp3) is 0.929. The Morgan fingerprint density at radius 1 is 1.29 bits per heavy atom. The smallest absolute Gasteiger partial charge is 0.410 e. The molecule has 0 aliphatic rings. The maximum Gasteiger partial charge on any atom is 0.410 e. The third kappa shape index (κ3) is 11.5. The van der Waals surface area contributed by atoms with Gasteiger partial charge in [0.1, 0.15) is 15.4 Å². The molecule has 0 bridgehead atoms. The van der Waals surface area contributed by atoms with E-state index in [1.165, 1.54) is 6.26 Å². The van der Waals surface area contributed by atoms with Crippen molar-refractivity contribution in [2.45, 2.75) is 46.3 Å². The highest BCUT2D eigenvalue weighted by molar-refractivity contribution is 7.90. The summed E-state index contributed by atoms with van der Waals surface area (Å²) in [5, 5.41) is 3.17. The lowest BCUT2D eigenvalue weighted by atomic mass is 10.1. The molecule has 0 fully saturated rings. The first-order valence-corrected chi connectivity index (χ1v) is 9.21. The Balaban J connectivity index is 4.14. The van der Waals surface area contributed by atoms with Gasteiger partial charge in [0.15, 0.2) is 0 Å². The molecule has 6 nitrogen and oxygen atoms in total. The molecule has 2 atom stereocenters. The minimum absolute atomic E-state index is 0.103. The Morgan fingerprint density at radius 2 is 1.81 bits per heavy atom. The Morgan fingerprint density at radius 3 is 2.24 bits per heavy atom. The van der Waals surface area contributed by atoms with E-state index in [1.54, 1.807) is 11.9 Å². The van der Waals surface area contributed by atoms with Gasteiger partial charge in [-0.25, -0.2) is 13.2 Å². The summed E-state index contributed by atoms with van der Waals surface area (Å²) in [6.45, 7) is 10.5. The summed E-state index contributed by atoms with van der Waals surface area (Å²) in [6.07, 6.45) is 0.878. The predicted molar refractivity (Wildman–Crippen MR) is 85.2 cm³/mol. The molecule has 0 aromatic rings. The van der Waals surface area contributed by atoms with Crippen LogP contribution in [0.25, 0.3) is 0 Å². The minimum Gasteiger partial charge on any atom is -0.444 e. The van der Waals surface area contributed by atoms with Gasteiger partial charge in [-0.15, -0.1) is 0 Å². The maximum atomic E-state index is 11.8. The topological polar surface area (TPSA) is 75.7 Å². The Labute approximate surface area is 129 Å². The number of rotatable bonds is 7. The largest absolute Gasteiger partial charge is 0.444 e. The summed E-state index contributed by atoms with van der Waals surface area (Å²) in [4.78, 5) is 13.4. The number of ether oxygens (including phenoxy) is 1. The van der Waals surface area contributed by atoms with Crippen LogP contribution in [0.3, 0.4) is 0 Å². The van der Waals surface area contributed by atoms with Crippen LogP contribution in [0.1, 0.15) is 34.6 Å². The number of carbonyl (C=O) groups is 1. The molecule has 0 aliphatic carbocycles. The van der Waals surface area contributed by atoms with Crippen molar-refractivity contribution in [2.75, 3.05) is 32.1 Å². The van der Waals surface area contributed by atoms with E-state index < -0.39 is 15.4 Å². The van der Waals surface area contributed by atoms with Crippen molar-refractivity contribution in [3.63, 3.8) is 0 Å². The fourth-order valence-corrected chi connectivity index (χ4v) is 2.89. The van der Waals surface area contributed by atoms with E-state index in [0.29, 0.717) is 13.1 Å². The molecule has 0 spiro atoms. The zero-order valence-corrected chi connectivity index (χ0v) is 15.1. The van der Waals surface area contributed by atoms with Crippen molar-refractivity contribution >= 4 is 15.9 Å². The van der Waals surface area contributed by atoms with Gasteiger partial charge < -0.3 is 15.0 Å². The van der Waals surface area contributed by atoms with Gasteiger partial charge in [-0.1, -0.05) is 6.92 Å². The molecule has 0 saturated heterocycles. The van der Waals surface area contributed by atoms with Gasteiger partial charge in [0, 0.05) is 25.9 Å². The van der Waals surface area contributed by atoms with Crippen molar-refractivity contribution in [2.24, 2.45) is 5.92 Å². The molecule has 7 heteroatoms. The van der Waals surface area contributed by atoms with Gasteiger partial charge >= 0.3 is 6.09 Å². The zero-order chi connectivity index (χ0) is 16.8. The van der Waals surface area contributed by atoms with Crippen LogP contribution >= 0.6 is 0 Å². The Kier molecular flexibility index (Phi) is 7.67. The quantitative estimate of drug-likeness (QED) is 0.769. The zero-order valence-electron chi connectivity index (χ0n) is 14.3. The lowest BCUT2D eigenvalue weighted by Gasteiger charge is -2.27. The van der Waals surface area contributed by atoms with E-state index in [9.17, 15) is 13.2 Å². The first kappa shape index (κ1) is 20.2. The van der Waals surface area contributed by atoms with Crippen LogP contribution in [0.15, 0.2) is 0 Å². The predicted octanol–water partition coefficient (Wildman–Crippen LogP) is 1.51. The standard InChI is InChI=1S/C14H30N2O4S/c1-11(8-15-12(2)10-21(7,18)19)9-16(6)13(17)20-14(3,4)5/h11-12,15H,8-10H2,1-7H3. The number of hydrogen-bond acceptors (Lipinski definition) is 5. The summed E-state index contributed by atoms with van der Waals surface area (Å²) in [5.41, 5.74) is -0.503. The van der Waals surface area contributed by atoms with Gasteiger partial charge in [0.05, 0.1) is 5.75 Å². The van der Waals surface area contributed by atoms with Crippen LogP contribution in [0, 0.1) is 5.92 Å². The third-order valence-corrected chi connectivity index (χ3v) is 3.76. The van der Waals surface area contributed by atoms with Crippen LogP contribution in [0.5, 0.6) is 0 Å². The number of amides is 1. The molecule has 1 amide bonds. The van der Waals surface area contributed by atoms with E-state index in [-0.39, 0.29) is 23.8 Å². The molecule has 2 unspecified atom stereocenters. The third-order valence-electron chi connectivity index (χ3n) is 2.66. The van der Waals surface area contributed by atoms with Gasteiger partial charge in [-0.2, -0.15) is 0 Å². The molecule has 0 saturated carbocycles. The second-order valence-corrected chi connectivity index (χ2v) is 9.05. The molecule has 126 valence electrons. The van der Waals surface area contributed by atoms with E-state index in [2.05, 4.69) is 5.32 Å². The average Bonchev–Trinajstić information content (AvgIpc) is 2.21. The van der Waals surface area contributed by atoms with Gasteiger partial charge in [-0.3, -0.25) is 0 Å². The highest BCUT2D eigenvalue weighted by Gasteiger charge is 2.21. The van der Waals surface area contributed by atoms with E-state index in [4.69, 9.17) is 4.74 Å². The van der Waals surface area contributed by atoms with Crippen molar-refractivity contribution in [3.05, 3.63) is 0 Å². The second-order valence-electron chi connectivity index (χ2n) is 6.87. The molecule has 21 heavy (non-hydrogen) atoms. The van der Waals surface area contributed by atoms with Gasteiger partial charge in [-0.05, 0) is 40.2 Å². The molecular formula is C14H30N2O4S. The normalized spacial score (nSPS) is 15.4. The van der Waals surface area contributed by atoms with E-state index >= 15 is 0 Å². The maximum absolute atomic E-state index is 11.8. The van der Waals surface area contributed by atoms with Crippen LogP contribution in [-0.2, 0) is 14.6 Å². The molecule has 0 aromatic carbocycles. The summed E-state index contributed by atoms with van der Waals surface area (Å²) < 4.78 is 27.6. The van der Waals surface area contributed by atoms with Crippen molar-refractivity contribution in [3.8, 4) is 0 Å². The summed E-state index contributed by atoms with van der Waals surface area (Å²) in [6, 6.07) is -0.103. The lowest BCUT2D eigenvalue weighted by Crippen LogP contribution is -2.41. The Hall–Kier alpha value is -0.820. The van der Waals surface area contributed by atoms with Gasteiger partial charge in [0.25, 0.3) is 0 Å². The van der Waals surface area contributed by atoms with Crippen molar-refractivity contribution in [1.82, 2.24) is 10.2 Å². The summed E-state index contributed by atoms with van der Waals surface area (Å²) in [7, 11) is -1.28. The average molecular weight is 322 g/mol. The summed E-state index contributed by atoms with van der Waals surface area (Å²) >= 11 is 0. The molecule has 0 radical (unpaired) electrons. The van der Waals surface area contributed by atoms with Crippen molar-refractivity contribution in [1.29, 1.82) is 0 Å². The molecular weight excluding hydrogens is 292 g/mol. The lowest BCUT2D eigenvalue weighted by molar-refractivity contribution is 0.0276. The number of nitrogens with one attached hydrogen (secondary N) is 1. The second kappa shape index (κ2) is 7.98. The van der Waals surface area contributed by atoms with Crippen LogP contribution < -0.4 is 5.32 Å². The number of hydrogen-bond donors (Lipinski definition) is 1. The van der Waals surface area contributed by atoms with Crippen molar-refractivity contribution < 1.29 is 17.9 Å². The molecule has 0 aliphatic heterocycles. The molecule has 0 aromatic heterocycles. The SMILES string of the molecule is CC(CNC(C)CS(C)(=O)=O)CN(C)C(=O)OC(C)(C)C. The van der Waals surface area contributed by atoms with Crippen LogP contribution in [0.4, 0.5) is 4.79 Å². The fourth-order valence-electron chi connectivity index (χ4n) is 1.86. The Bertz CT molecular complexity index is 429. The van der Waals surface area contributed by atoms with Crippen LogP contribution in [-0.4, -0.2) is 63.2 Å². The molecule has 0 rings (SSSR count). The summed E-state index contributed by atoms with van der Waals surface area (Å²) in [5.74, 6) is 0.311. The monoisotopic (exact) mass is 322 g/mol. The highest BCUT2D eigenvalue weighted by atomic mass is 32.2. The van der Waals surface area contributed by atoms with Gasteiger partial charge in [0.2, 0.25) is 0 Å². The number of carbonyl (C=O) groups excluding carboxylic acids is 1. The minimum atomic E-state index is -2.98.